The lowest BCUT2D eigenvalue weighted by Gasteiger charge is -2.38. The molecule has 0 unspecified atom stereocenters. The van der Waals surface area contributed by atoms with Crippen LogP contribution in [0.15, 0.2) is 101 Å². The van der Waals surface area contributed by atoms with Gasteiger partial charge < -0.3 is 11.5 Å². The predicted molar refractivity (Wildman–Crippen MR) is 145 cm³/mol. The van der Waals surface area contributed by atoms with Crippen LogP contribution in [0, 0.1) is 0 Å². The van der Waals surface area contributed by atoms with Crippen molar-refractivity contribution < 1.29 is 0 Å². The molecule has 6 nitrogen and oxygen atoms in total. The largest absolute Gasteiger partial charge is 0.383 e. The van der Waals surface area contributed by atoms with E-state index in [0.29, 0.717) is 11.7 Å². The van der Waals surface area contributed by atoms with Gasteiger partial charge in [0, 0.05) is 17.4 Å². The number of nitrogens with zero attached hydrogens (tertiary/aromatic N) is 4. The molecular weight excluding hydrogens is 432 g/mol. The molecule has 0 saturated heterocycles. The third kappa shape index (κ3) is 4.17. The lowest BCUT2D eigenvalue weighted by molar-refractivity contribution is 0.253. The van der Waals surface area contributed by atoms with Gasteiger partial charge in [-0.05, 0) is 68.5 Å². The molecule has 5 rings (SSSR count). The third-order valence-corrected chi connectivity index (χ3v) is 6.75. The molecule has 4 N–H and O–H groups in total. The second-order valence-electron chi connectivity index (χ2n) is 8.91. The minimum atomic E-state index is -0.217. The molecule has 1 aliphatic heterocycles. The fourth-order valence-corrected chi connectivity index (χ4v) is 4.57. The number of benzene rings is 2. The summed E-state index contributed by atoms with van der Waals surface area (Å²) in [6, 6.07) is 22.4. The highest BCUT2D eigenvalue weighted by Crippen LogP contribution is 2.40. The molecular formula is C29H30N6. The molecule has 2 heterocycles. The molecule has 0 spiro atoms. The summed E-state index contributed by atoms with van der Waals surface area (Å²) in [5.74, 6) is 1.86. The van der Waals surface area contributed by atoms with E-state index in [1.54, 1.807) is 6.20 Å². The molecule has 6 heteroatoms. The normalized spacial score (nSPS) is 19.7. The summed E-state index contributed by atoms with van der Waals surface area (Å²) in [5, 5.41) is 0. The highest BCUT2D eigenvalue weighted by atomic mass is 15.3. The first-order chi connectivity index (χ1) is 17.0. The van der Waals surface area contributed by atoms with Crippen molar-refractivity contribution in [2.24, 2.45) is 15.7 Å². The maximum atomic E-state index is 6.58. The number of aromatic nitrogens is 1. The second kappa shape index (κ2) is 9.31. The number of rotatable bonds is 5. The lowest BCUT2D eigenvalue weighted by Crippen LogP contribution is -2.43. The summed E-state index contributed by atoms with van der Waals surface area (Å²) in [6.07, 6.45) is 8.89. The molecule has 2 aromatic carbocycles. The first-order valence-electron chi connectivity index (χ1n) is 12.0. The molecule has 0 radical (unpaired) electrons. The molecule has 0 atom stereocenters. The Morgan fingerprint density at radius 2 is 1.74 bits per heavy atom. The standard InChI is InChI=1S/C29H30N6/c1-3-24(20-10-6-5-7-11-20)33-28-25(4-2)34-27(23-12-8-19-32-26(23)30)35(28)22-15-13-21(14-16-22)29(31)17-9-18-29/h3-8,10-16,19H,9,17-18,31H2,1-2H3,(H2,30,32)/b24-3-,25-4+,33-28+. The van der Waals surface area contributed by atoms with Gasteiger partial charge in [-0.25, -0.2) is 15.0 Å². The third-order valence-electron chi connectivity index (χ3n) is 6.75. The summed E-state index contributed by atoms with van der Waals surface area (Å²) in [4.78, 5) is 16.4. The van der Waals surface area contributed by atoms with Crippen molar-refractivity contribution in [3.05, 3.63) is 107 Å². The summed E-state index contributed by atoms with van der Waals surface area (Å²) in [7, 11) is 0. The Hall–Kier alpha value is -4.03. The Balaban J connectivity index is 1.64. The first kappa shape index (κ1) is 22.7. The average molecular weight is 463 g/mol. The van der Waals surface area contributed by atoms with Crippen molar-refractivity contribution in [3.63, 3.8) is 0 Å². The van der Waals surface area contributed by atoms with Crippen molar-refractivity contribution >= 4 is 28.9 Å². The highest BCUT2D eigenvalue weighted by molar-refractivity contribution is 6.35. The van der Waals surface area contributed by atoms with Crippen LogP contribution in [0.4, 0.5) is 11.5 Å². The Labute approximate surface area is 206 Å². The van der Waals surface area contributed by atoms with E-state index in [1.807, 2.05) is 56.3 Å². The van der Waals surface area contributed by atoms with Crippen molar-refractivity contribution in [2.75, 3.05) is 10.6 Å². The molecule has 2 aliphatic rings. The van der Waals surface area contributed by atoms with Gasteiger partial charge in [0.1, 0.15) is 11.5 Å². The predicted octanol–water partition coefficient (Wildman–Crippen LogP) is 5.63. The van der Waals surface area contributed by atoms with E-state index in [-0.39, 0.29) is 5.54 Å². The number of nitrogen functional groups attached to an aromatic ring is 1. The molecule has 176 valence electrons. The zero-order chi connectivity index (χ0) is 24.4. The second-order valence-corrected chi connectivity index (χ2v) is 8.91. The van der Waals surface area contributed by atoms with Crippen LogP contribution in [-0.2, 0) is 5.54 Å². The van der Waals surface area contributed by atoms with E-state index in [2.05, 4.69) is 46.3 Å². The monoisotopic (exact) mass is 462 g/mol. The van der Waals surface area contributed by atoms with Gasteiger partial charge in [-0.3, -0.25) is 4.90 Å². The number of hydrogen-bond donors (Lipinski definition) is 2. The fraction of sp³-hybridized carbons (Fsp3) is 0.207. The average Bonchev–Trinajstić information content (AvgIpc) is 3.24. The zero-order valence-electron chi connectivity index (χ0n) is 20.1. The molecule has 1 saturated carbocycles. The van der Waals surface area contributed by atoms with Crippen molar-refractivity contribution in [1.82, 2.24) is 4.98 Å². The lowest BCUT2D eigenvalue weighted by atomic mass is 9.73. The van der Waals surface area contributed by atoms with Gasteiger partial charge in [-0.1, -0.05) is 54.6 Å². The molecule has 1 fully saturated rings. The fourth-order valence-electron chi connectivity index (χ4n) is 4.57. The Kier molecular flexibility index (Phi) is 6.05. The van der Waals surface area contributed by atoms with E-state index in [1.165, 1.54) is 6.42 Å². The van der Waals surface area contributed by atoms with Crippen molar-refractivity contribution in [3.8, 4) is 0 Å². The Morgan fingerprint density at radius 1 is 1.00 bits per heavy atom. The van der Waals surface area contributed by atoms with E-state index in [4.69, 9.17) is 21.5 Å². The Morgan fingerprint density at radius 3 is 2.34 bits per heavy atom. The van der Waals surface area contributed by atoms with Crippen LogP contribution in [0.2, 0.25) is 0 Å². The summed E-state index contributed by atoms with van der Waals surface area (Å²) >= 11 is 0. The van der Waals surface area contributed by atoms with E-state index < -0.39 is 0 Å². The topological polar surface area (TPSA) is 92.9 Å². The van der Waals surface area contributed by atoms with Gasteiger partial charge in [-0.2, -0.15) is 0 Å². The highest BCUT2D eigenvalue weighted by Gasteiger charge is 2.35. The SMILES string of the molecule is C\C=C(/N=C1\C(=C/C)N=C(c2cccnc2N)N1c1ccc(C2(N)CCC2)cc1)c1ccccc1. The van der Waals surface area contributed by atoms with Gasteiger partial charge >= 0.3 is 0 Å². The van der Waals surface area contributed by atoms with Crippen LogP contribution in [0.5, 0.6) is 0 Å². The van der Waals surface area contributed by atoms with Crippen LogP contribution in [-0.4, -0.2) is 16.7 Å². The number of nitrogens with two attached hydrogens (primary N) is 2. The van der Waals surface area contributed by atoms with Crippen molar-refractivity contribution in [2.45, 2.75) is 38.6 Å². The molecule has 1 aromatic heterocycles. The van der Waals surface area contributed by atoms with Gasteiger partial charge in [-0.15, -0.1) is 0 Å². The summed E-state index contributed by atoms with van der Waals surface area (Å²) < 4.78 is 0. The number of aliphatic imine (C=N–C) groups is 2. The number of pyridine rings is 1. The van der Waals surface area contributed by atoms with Crippen molar-refractivity contribution in [1.29, 1.82) is 0 Å². The number of amidine groups is 2. The smallest absolute Gasteiger partial charge is 0.165 e. The van der Waals surface area contributed by atoms with Crippen LogP contribution < -0.4 is 16.4 Å². The summed E-state index contributed by atoms with van der Waals surface area (Å²) in [6.45, 7) is 3.97. The molecule has 35 heavy (non-hydrogen) atoms. The van der Waals surface area contributed by atoms with Crippen LogP contribution in [0.1, 0.15) is 49.8 Å². The zero-order valence-corrected chi connectivity index (χ0v) is 20.1. The van der Waals surface area contributed by atoms with Crippen LogP contribution >= 0.6 is 0 Å². The maximum Gasteiger partial charge on any atom is 0.165 e. The van der Waals surface area contributed by atoms with E-state index in [0.717, 1.165) is 52.4 Å². The van der Waals surface area contributed by atoms with E-state index in [9.17, 15) is 0 Å². The van der Waals surface area contributed by atoms with Crippen LogP contribution in [0.25, 0.3) is 5.70 Å². The maximum absolute atomic E-state index is 6.58. The first-order valence-corrected chi connectivity index (χ1v) is 12.0. The minimum Gasteiger partial charge on any atom is -0.383 e. The van der Waals surface area contributed by atoms with Gasteiger partial charge in [0.15, 0.2) is 11.7 Å². The molecule has 3 aromatic rings. The number of anilines is 2. The molecule has 0 bridgehead atoms. The van der Waals surface area contributed by atoms with E-state index >= 15 is 0 Å². The number of allylic oxidation sites excluding steroid dienone is 2. The molecule has 1 aliphatic carbocycles. The molecule has 0 amide bonds. The minimum absolute atomic E-state index is 0.217. The van der Waals surface area contributed by atoms with Gasteiger partial charge in [0.2, 0.25) is 0 Å². The Bertz CT molecular complexity index is 1350. The quantitative estimate of drug-likeness (QED) is 0.514. The van der Waals surface area contributed by atoms with Gasteiger partial charge in [0.25, 0.3) is 0 Å². The number of hydrogen-bond acceptors (Lipinski definition) is 5. The summed E-state index contributed by atoms with van der Waals surface area (Å²) in [5.41, 5.74) is 18.2. The van der Waals surface area contributed by atoms with Gasteiger partial charge in [0.05, 0.1) is 11.3 Å². The van der Waals surface area contributed by atoms with Crippen LogP contribution in [0.3, 0.4) is 0 Å².